The van der Waals surface area contributed by atoms with E-state index in [1.165, 1.54) is 0 Å². The monoisotopic (exact) mass is 504 g/mol. The average Bonchev–Trinajstić information content (AvgIpc) is 2.98. The van der Waals surface area contributed by atoms with Crippen molar-refractivity contribution in [2.45, 2.75) is 0 Å². The average molecular weight is 505 g/mol. The van der Waals surface area contributed by atoms with Crippen molar-refractivity contribution >= 4 is 34.6 Å². The van der Waals surface area contributed by atoms with E-state index in [-0.39, 0.29) is 11.8 Å². The van der Waals surface area contributed by atoms with Crippen molar-refractivity contribution in [3.63, 3.8) is 0 Å². The Bertz CT molecular complexity index is 1340. The van der Waals surface area contributed by atoms with E-state index in [2.05, 4.69) is 40.1 Å². The number of anilines is 4. The molecule has 0 aromatic heterocycles. The molecule has 0 spiro atoms. The summed E-state index contributed by atoms with van der Waals surface area (Å²) in [6, 6.07) is 35.7. The van der Waals surface area contributed by atoms with Gasteiger partial charge >= 0.3 is 0 Å². The molecule has 6 nitrogen and oxygen atoms in total. The molecule has 4 aromatic rings. The maximum atomic E-state index is 13.3. The van der Waals surface area contributed by atoms with Gasteiger partial charge in [0.05, 0.1) is 11.3 Å². The van der Waals surface area contributed by atoms with Crippen molar-refractivity contribution in [2.24, 2.45) is 0 Å². The van der Waals surface area contributed by atoms with Gasteiger partial charge < -0.3 is 19.6 Å². The van der Waals surface area contributed by atoms with Crippen LogP contribution in [0.25, 0.3) is 0 Å². The predicted octanol–water partition coefficient (Wildman–Crippen LogP) is 5.82. The van der Waals surface area contributed by atoms with E-state index in [0.29, 0.717) is 18.7 Å². The first-order valence-corrected chi connectivity index (χ1v) is 12.9. The minimum Gasteiger partial charge on any atom is -0.368 e. The molecule has 0 atom stereocenters. The summed E-state index contributed by atoms with van der Waals surface area (Å²) in [6.45, 7) is 2.72. The molecule has 6 heteroatoms. The highest BCUT2D eigenvalue weighted by molar-refractivity contribution is 6.02. The molecule has 0 aliphatic carbocycles. The molecule has 0 radical (unpaired) electrons. The predicted molar refractivity (Wildman–Crippen MR) is 154 cm³/mol. The standard InChI is InChI=1S/C32H32N4O2/c1-33(2)32(38)29-19-18-28(34-20-22-35(23-21-34)31(37)25-12-6-3-7-13-25)24-30(29)36(26-14-8-4-9-15-26)27-16-10-5-11-17-27/h3-19,24H,20-23H2,1-2H3. The normalized spacial score (nSPS) is 13.2. The molecule has 192 valence electrons. The van der Waals surface area contributed by atoms with Crippen LogP contribution in [-0.4, -0.2) is 61.9 Å². The minimum atomic E-state index is -0.0540. The van der Waals surface area contributed by atoms with Crippen LogP contribution >= 0.6 is 0 Å². The lowest BCUT2D eigenvalue weighted by atomic mass is 10.1. The zero-order valence-corrected chi connectivity index (χ0v) is 21.8. The van der Waals surface area contributed by atoms with Gasteiger partial charge in [0.1, 0.15) is 0 Å². The summed E-state index contributed by atoms with van der Waals surface area (Å²) in [5, 5.41) is 0. The number of hydrogen-bond donors (Lipinski definition) is 0. The summed E-state index contributed by atoms with van der Waals surface area (Å²) in [5.74, 6) is 0.0129. The maximum Gasteiger partial charge on any atom is 0.255 e. The van der Waals surface area contributed by atoms with Gasteiger partial charge in [-0.05, 0) is 54.6 Å². The van der Waals surface area contributed by atoms with E-state index in [4.69, 9.17) is 0 Å². The molecule has 38 heavy (non-hydrogen) atoms. The molecule has 0 saturated carbocycles. The molecule has 0 bridgehead atoms. The number of amides is 2. The Labute approximate surface area is 224 Å². The van der Waals surface area contributed by atoms with E-state index in [0.717, 1.165) is 41.4 Å². The Balaban J connectivity index is 1.49. The highest BCUT2D eigenvalue weighted by Gasteiger charge is 2.25. The van der Waals surface area contributed by atoms with Crippen LogP contribution in [0.3, 0.4) is 0 Å². The van der Waals surface area contributed by atoms with Gasteiger partial charge in [0.15, 0.2) is 0 Å². The second-order valence-electron chi connectivity index (χ2n) is 9.55. The lowest BCUT2D eigenvalue weighted by molar-refractivity contribution is 0.0746. The summed E-state index contributed by atoms with van der Waals surface area (Å²) >= 11 is 0. The third-order valence-corrected chi connectivity index (χ3v) is 6.84. The van der Waals surface area contributed by atoms with Crippen molar-refractivity contribution in [1.82, 2.24) is 9.80 Å². The van der Waals surface area contributed by atoms with Gasteiger partial charge in [-0.2, -0.15) is 0 Å². The molecule has 1 aliphatic rings. The lowest BCUT2D eigenvalue weighted by Crippen LogP contribution is -2.48. The van der Waals surface area contributed by atoms with Crippen LogP contribution < -0.4 is 9.80 Å². The SMILES string of the molecule is CN(C)C(=O)c1ccc(N2CCN(C(=O)c3ccccc3)CC2)cc1N(c1ccccc1)c1ccccc1. The van der Waals surface area contributed by atoms with Gasteiger partial charge in [-0.15, -0.1) is 0 Å². The topological polar surface area (TPSA) is 47.1 Å². The number of carbonyl (C=O) groups excluding carboxylic acids is 2. The van der Waals surface area contributed by atoms with Crippen molar-refractivity contribution in [2.75, 3.05) is 50.1 Å². The number of nitrogens with zero attached hydrogens (tertiary/aromatic N) is 4. The molecule has 2 amide bonds. The van der Waals surface area contributed by atoms with E-state index < -0.39 is 0 Å². The van der Waals surface area contributed by atoms with Crippen molar-refractivity contribution < 1.29 is 9.59 Å². The summed E-state index contributed by atoms with van der Waals surface area (Å²) in [6.07, 6.45) is 0. The fourth-order valence-corrected chi connectivity index (χ4v) is 4.84. The first kappa shape index (κ1) is 25.1. The van der Waals surface area contributed by atoms with Crippen LogP contribution in [0.4, 0.5) is 22.7 Å². The Morgan fingerprint density at radius 2 is 1.18 bits per heavy atom. The van der Waals surface area contributed by atoms with Gasteiger partial charge in [-0.3, -0.25) is 9.59 Å². The third kappa shape index (κ3) is 5.25. The van der Waals surface area contributed by atoms with Gasteiger partial charge in [0, 0.05) is 62.9 Å². The van der Waals surface area contributed by atoms with Crippen molar-refractivity contribution in [1.29, 1.82) is 0 Å². The Morgan fingerprint density at radius 3 is 1.71 bits per heavy atom. The number of rotatable bonds is 6. The van der Waals surface area contributed by atoms with E-state index in [1.54, 1.807) is 19.0 Å². The molecular formula is C32H32N4O2. The first-order valence-electron chi connectivity index (χ1n) is 12.9. The van der Waals surface area contributed by atoms with E-state index in [9.17, 15) is 9.59 Å². The van der Waals surface area contributed by atoms with Crippen LogP contribution in [0.2, 0.25) is 0 Å². The molecule has 0 N–H and O–H groups in total. The van der Waals surface area contributed by atoms with E-state index >= 15 is 0 Å². The third-order valence-electron chi connectivity index (χ3n) is 6.84. The molecule has 5 rings (SSSR count). The zero-order chi connectivity index (χ0) is 26.5. The second kappa shape index (κ2) is 11.2. The fraction of sp³-hybridized carbons (Fsp3) is 0.188. The van der Waals surface area contributed by atoms with Crippen LogP contribution in [0.15, 0.2) is 109 Å². The lowest BCUT2D eigenvalue weighted by Gasteiger charge is -2.37. The Hall–Kier alpha value is -4.58. The molecule has 0 unspecified atom stereocenters. The van der Waals surface area contributed by atoms with Crippen molar-refractivity contribution in [3.05, 3.63) is 120 Å². The summed E-state index contributed by atoms with van der Waals surface area (Å²) < 4.78 is 0. The smallest absolute Gasteiger partial charge is 0.255 e. The van der Waals surface area contributed by atoms with Crippen LogP contribution in [0.1, 0.15) is 20.7 Å². The molecule has 4 aromatic carbocycles. The zero-order valence-electron chi connectivity index (χ0n) is 21.8. The molecule has 1 heterocycles. The number of piperazine rings is 1. The summed E-state index contributed by atoms with van der Waals surface area (Å²) in [7, 11) is 3.55. The molecule has 1 fully saturated rings. The summed E-state index contributed by atoms with van der Waals surface area (Å²) in [5.41, 5.74) is 5.14. The largest absolute Gasteiger partial charge is 0.368 e. The minimum absolute atomic E-state index is 0.0540. The van der Waals surface area contributed by atoms with Crippen LogP contribution in [0.5, 0.6) is 0 Å². The summed E-state index contributed by atoms with van der Waals surface area (Å²) in [4.78, 5) is 34.2. The van der Waals surface area contributed by atoms with Crippen molar-refractivity contribution in [3.8, 4) is 0 Å². The molecule has 1 aliphatic heterocycles. The number of benzene rings is 4. The van der Waals surface area contributed by atoms with E-state index in [1.807, 2.05) is 83.8 Å². The second-order valence-corrected chi connectivity index (χ2v) is 9.55. The Morgan fingerprint density at radius 1 is 0.658 bits per heavy atom. The number of carbonyl (C=O) groups is 2. The number of para-hydroxylation sites is 2. The molecular weight excluding hydrogens is 472 g/mol. The van der Waals surface area contributed by atoms with Crippen LogP contribution in [0, 0.1) is 0 Å². The van der Waals surface area contributed by atoms with Gasteiger partial charge in [-0.1, -0.05) is 54.6 Å². The van der Waals surface area contributed by atoms with Gasteiger partial charge in [-0.25, -0.2) is 0 Å². The Kier molecular flexibility index (Phi) is 7.40. The highest BCUT2D eigenvalue weighted by atomic mass is 16.2. The molecule has 1 saturated heterocycles. The fourth-order valence-electron chi connectivity index (χ4n) is 4.84. The first-order chi connectivity index (χ1) is 18.5. The van der Waals surface area contributed by atoms with Gasteiger partial charge in [0.2, 0.25) is 0 Å². The quantitative estimate of drug-likeness (QED) is 0.332. The van der Waals surface area contributed by atoms with Crippen LogP contribution in [-0.2, 0) is 0 Å². The number of hydrogen-bond acceptors (Lipinski definition) is 4. The highest BCUT2D eigenvalue weighted by Crippen LogP contribution is 2.39. The maximum absolute atomic E-state index is 13.3. The van der Waals surface area contributed by atoms with Gasteiger partial charge in [0.25, 0.3) is 11.8 Å².